The van der Waals surface area contributed by atoms with Crippen molar-refractivity contribution >= 4 is 11.6 Å². The van der Waals surface area contributed by atoms with Crippen molar-refractivity contribution in [2.45, 2.75) is 33.1 Å². The van der Waals surface area contributed by atoms with E-state index in [1.807, 2.05) is 6.07 Å². The highest BCUT2D eigenvalue weighted by Gasteiger charge is 2.11. The number of ether oxygens (including phenoxy) is 1. The van der Waals surface area contributed by atoms with Crippen molar-refractivity contribution in [3.63, 3.8) is 0 Å². The molecule has 100 valence electrons. The van der Waals surface area contributed by atoms with Crippen molar-refractivity contribution in [1.82, 2.24) is 4.90 Å². The van der Waals surface area contributed by atoms with Gasteiger partial charge in [0.1, 0.15) is 12.4 Å². The third-order valence-electron chi connectivity index (χ3n) is 3.48. The van der Waals surface area contributed by atoms with Gasteiger partial charge in [0.2, 0.25) is 0 Å². The summed E-state index contributed by atoms with van der Waals surface area (Å²) in [6.07, 6.45) is 4.02. The second-order valence-electron chi connectivity index (χ2n) is 5.14. The first-order chi connectivity index (χ1) is 8.66. The largest absolute Gasteiger partial charge is 0.490 e. The lowest BCUT2D eigenvalue weighted by Gasteiger charge is -2.26. The summed E-state index contributed by atoms with van der Waals surface area (Å²) in [6, 6.07) is 4.08. The van der Waals surface area contributed by atoms with E-state index in [0.717, 1.165) is 29.5 Å². The molecule has 1 aromatic carbocycles. The van der Waals surface area contributed by atoms with Gasteiger partial charge in [-0.1, -0.05) is 24.1 Å². The maximum Gasteiger partial charge on any atom is 0.140 e. The van der Waals surface area contributed by atoms with Crippen LogP contribution in [-0.2, 0) is 0 Å². The predicted octanol–water partition coefficient (Wildman–Crippen LogP) is 3.82. The van der Waals surface area contributed by atoms with Crippen LogP contribution in [0.5, 0.6) is 5.75 Å². The quantitative estimate of drug-likeness (QED) is 0.822. The van der Waals surface area contributed by atoms with Gasteiger partial charge in [-0.05, 0) is 57.0 Å². The lowest BCUT2D eigenvalue weighted by Crippen LogP contribution is -2.33. The number of hydrogen-bond acceptors (Lipinski definition) is 2. The Kier molecular flexibility index (Phi) is 4.90. The van der Waals surface area contributed by atoms with Gasteiger partial charge in [-0.15, -0.1) is 0 Å². The molecule has 0 amide bonds. The van der Waals surface area contributed by atoms with E-state index in [-0.39, 0.29) is 0 Å². The van der Waals surface area contributed by atoms with E-state index in [1.165, 1.54) is 37.9 Å². The van der Waals surface area contributed by atoms with Gasteiger partial charge in [0, 0.05) is 6.54 Å². The summed E-state index contributed by atoms with van der Waals surface area (Å²) in [5.41, 5.74) is 2.31. The molecule has 1 aliphatic heterocycles. The average molecular weight is 268 g/mol. The number of hydrogen-bond donors (Lipinski definition) is 0. The molecule has 1 aliphatic rings. The number of rotatable bonds is 4. The number of nitrogens with zero attached hydrogens (tertiary/aromatic N) is 1. The van der Waals surface area contributed by atoms with E-state index >= 15 is 0 Å². The van der Waals surface area contributed by atoms with E-state index in [9.17, 15) is 0 Å². The Balaban J connectivity index is 1.86. The van der Waals surface area contributed by atoms with E-state index in [1.54, 1.807) is 0 Å². The fourth-order valence-electron chi connectivity index (χ4n) is 2.55. The summed E-state index contributed by atoms with van der Waals surface area (Å²) in [7, 11) is 0. The molecule has 1 heterocycles. The van der Waals surface area contributed by atoms with Crippen molar-refractivity contribution in [3.8, 4) is 5.75 Å². The Bertz CT molecular complexity index is 376. The molecule has 18 heavy (non-hydrogen) atoms. The summed E-state index contributed by atoms with van der Waals surface area (Å²) in [5, 5.41) is 0.728. The molecule has 0 aliphatic carbocycles. The van der Waals surface area contributed by atoms with Crippen LogP contribution in [0.15, 0.2) is 12.1 Å². The molecule has 1 aromatic rings. The molecule has 0 atom stereocenters. The van der Waals surface area contributed by atoms with Crippen molar-refractivity contribution < 1.29 is 4.74 Å². The molecule has 3 heteroatoms. The normalized spacial score (nSPS) is 16.8. The van der Waals surface area contributed by atoms with Crippen LogP contribution in [0.4, 0.5) is 0 Å². The van der Waals surface area contributed by atoms with Crippen LogP contribution >= 0.6 is 11.6 Å². The minimum absolute atomic E-state index is 0.726. The molecular weight excluding hydrogens is 246 g/mol. The number of piperidine rings is 1. The summed E-state index contributed by atoms with van der Waals surface area (Å²) < 4.78 is 5.85. The van der Waals surface area contributed by atoms with Gasteiger partial charge in [-0.25, -0.2) is 0 Å². The van der Waals surface area contributed by atoms with E-state index in [2.05, 4.69) is 24.8 Å². The standard InChI is InChI=1S/C15H22ClNO/c1-12-10-13(2)15(14(16)11-12)18-9-8-17-6-4-3-5-7-17/h10-11H,3-9H2,1-2H3. The van der Waals surface area contributed by atoms with Gasteiger partial charge >= 0.3 is 0 Å². The first-order valence-corrected chi connectivity index (χ1v) is 7.16. The number of benzene rings is 1. The SMILES string of the molecule is Cc1cc(C)c(OCCN2CCCCC2)c(Cl)c1. The molecule has 0 saturated carbocycles. The molecular formula is C15H22ClNO. The van der Waals surface area contributed by atoms with Crippen LogP contribution < -0.4 is 4.74 Å². The van der Waals surface area contributed by atoms with Gasteiger partial charge < -0.3 is 4.74 Å². The molecule has 2 nitrogen and oxygen atoms in total. The third kappa shape index (κ3) is 3.63. The number of aryl methyl sites for hydroxylation is 2. The van der Waals surface area contributed by atoms with Crippen LogP contribution in [0.2, 0.25) is 5.02 Å². The molecule has 0 N–H and O–H groups in total. The lowest BCUT2D eigenvalue weighted by atomic mass is 10.1. The fraction of sp³-hybridized carbons (Fsp3) is 0.600. The summed E-state index contributed by atoms with van der Waals surface area (Å²) in [5.74, 6) is 0.847. The first kappa shape index (κ1) is 13.7. The Morgan fingerprint density at radius 1 is 1.17 bits per heavy atom. The average Bonchev–Trinajstić information content (AvgIpc) is 2.34. The second kappa shape index (κ2) is 6.44. The highest BCUT2D eigenvalue weighted by Crippen LogP contribution is 2.29. The second-order valence-corrected chi connectivity index (χ2v) is 5.55. The Hall–Kier alpha value is -0.730. The van der Waals surface area contributed by atoms with Gasteiger partial charge in [-0.2, -0.15) is 0 Å². The summed E-state index contributed by atoms with van der Waals surface area (Å²) >= 11 is 6.22. The van der Waals surface area contributed by atoms with E-state index in [4.69, 9.17) is 16.3 Å². The third-order valence-corrected chi connectivity index (χ3v) is 3.76. The van der Waals surface area contributed by atoms with Crippen molar-refractivity contribution in [3.05, 3.63) is 28.3 Å². The highest BCUT2D eigenvalue weighted by molar-refractivity contribution is 6.32. The van der Waals surface area contributed by atoms with Crippen molar-refractivity contribution in [2.75, 3.05) is 26.2 Å². The van der Waals surface area contributed by atoms with Crippen molar-refractivity contribution in [1.29, 1.82) is 0 Å². The molecule has 1 fully saturated rings. The Morgan fingerprint density at radius 3 is 2.56 bits per heavy atom. The Morgan fingerprint density at radius 2 is 1.89 bits per heavy atom. The molecule has 0 unspecified atom stereocenters. The van der Waals surface area contributed by atoms with Gasteiger partial charge in [0.25, 0.3) is 0 Å². The maximum atomic E-state index is 6.22. The molecule has 0 bridgehead atoms. The molecule has 0 spiro atoms. The van der Waals surface area contributed by atoms with Crippen LogP contribution in [-0.4, -0.2) is 31.1 Å². The highest BCUT2D eigenvalue weighted by atomic mass is 35.5. The van der Waals surface area contributed by atoms with Crippen LogP contribution in [0.3, 0.4) is 0 Å². The van der Waals surface area contributed by atoms with Gasteiger partial charge in [0.05, 0.1) is 5.02 Å². The molecule has 2 rings (SSSR count). The van der Waals surface area contributed by atoms with Crippen LogP contribution in [0.25, 0.3) is 0 Å². The van der Waals surface area contributed by atoms with E-state index in [0.29, 0.717) is 0 Å². The predicted molar refractivity (Wildman–Crippen MR) is 76.7 cm³/mol. The minimum atomic E-state index is 0.726. The molecule has 0 aromatic heterocycles. The topological polar surface area (TPSA) is 12.5 Å². The van der Waals surface area contributed by atoms with Crippen molar-refractivity contribution in [2.24, 2.45) is 0 Å². The first-order valence-electron chi connectivity index (χ1n) is 6.79. The monoisotopic (exact) mass is 267 g/mol. The molecule has 1 saturated heterocycles. The smallest absolute Gasteiger partial charge is 0.140 e. The zero-order chi connectivity index (χ0) is 13.0. The van der Waals surface area contributed by atoms with E-state index < -0.39 is 0 Å². The van der Waals surface area contributed by atoms with Gasteiger partial charge in [0.15, 0.2) is 0 Å². The van der Waals surface area contributed by atoms with Gasteiger partial charge in [-0.3, -0.25) is 4.90 Å². The summed E-state index contributed by atoms with van der Waals surface area (Å²) in [4.78, 5) is 2.47. The zero-order valence-electron chi connectivity index (χ0n) is 11.3. The Labute approximate surface area is 115 Å². The number of halogens is 1. The number of likely N-dealkylation sites (tertiary alicyclic amines) is 1. The molecule has 0 radical (unpaired) electrons. The lowest BCUT2D eigenvalue weighted by molar-refractivity contribution is 0.183. The minimum Gasteiger partial charge on any atom is -0.490 e. The van der Waals surface area contributed by atoms with Crippen LogP contribution in [0.1, 0.15) is 30.4 Å². The fourth-order valence-corrected chi connectivity index (χ4v) is 2.92. The maximum absolute atomic E-state index is 6.22. The zero-order valence-corrected chi connectivity index (χ0v) is 12.1. The van der Waals surface area contributed by atoms with Crippen LogP contribution in [0, 0.1) is 13.8 Å². The summed E-state index contributed by atoms with van der Waals surface area (Å²) in [6.45, 7) is 8.26.